The van der Waals surface area contributed by atoms with E-state index < -0.39 is 12.1 Å². The Bertz CT molecular complexity index is 1090. The maximum absolute atomic E-state index is 12.7. The van der Waals surface area contributed by atoms with Crippen LogP contribution >= 0.6 is 0 Å². The van der Waals surface area contributed by atoms with Crippen LogP contribution in [0.5, 0.6) is 0 Å². The number of hydrogen-bond donors (Lipinski definition) is 3. The number of carbonyl (C=O) groups is 3. The SMILES string of the molecule is CCC(CC(=O)O)NC(=O)C1C[C@H]2C[C@@H](NC(=O)OCC3c4ccccc4-c4ccccc43)[C@H]2C1. The second-order valence-electron chi connectivity index (χ2n) is 10.1. The Labute approximate surface area is 205 Å². The van der Waals surface area contributed by atoms with Crippen molar-refractivity contribution in [2.75, 3.05) is 6.61 Å². The van der Waals surface area contributed by atoms with Crippen molar-refractivity contribution >= 4 is 18.0 Å². The fourth-order valence-corrected chi connectivity index (χ4v) is 6.23. The molecular weight excluding hydrogens is 444 g/mol. The number of carboxylic acid groups (broad SMARTS) is 1. The molecule has 7 heteroatoms. The highest BCUT2D eigenvalue weighted by Crippen LogP contribution is 2.50. The van der Waals surface area contributed by atoms with E-state index in [4.69, 9.17) is 9.84 Å². The first-order chi connectivity index (χ1) is 16.9. The van der Waals surface area contributed by atoms with Crippen molar-refractivity contribution in [1.29, 1.82) is 0 Å². The molecule has 2 unspecified atom stereocenters. The fraction of sp³-hybridized carbons (Fsp3) is 0.464. The van der Waals surface area contributed by atoms with E-state index in [1.54, 1.807) is 0 Å². The lowest BCUT2D eigenvalue weighted by Crippen LogP contribution is -2.50. The number of alkyl carbamates (subject to hydrolysis) is 1. The van der Waals surface area contributed by atoms with Gasteiger partial charge >= 0.3 is 12.1 Å². The number of benzene rings is 2. The second kappa shape index (κ2) is 9.72. The zero-order chi connectivity index (χ0) is 24.5. The lowest BCUT2D eigenvalue weighted by Gasteiger charge is -2.40. The van der Waals surface area contributed by atoms with Gasteiger partial charge in [-0.3, -0.25) is 9.59 Å². The van der Waals surface area contributed by atoms with Gasteiger partial charge in [0.15, 0.2) is 0 Å². The summed E-state index contributed by atoms with van der Waals surface area (Å²) in [5.41, 5.74) is 4.76. The highest BCUT2D eigenvalue weighted by Gasteiger charge is 2.50. The van der Waals surface area contributed by atoms with Crippen LogP contribution in [-0.2, 0) is 14.3 Å². The molecule has 5 rings (SSSR count). The smallest absolute Gasteiger partial charge is 0.407 e. The summed E-state index contributed by atoms with van der Waals surface area (Å²) < 4.78 is 5.69. The Morgan fingerprint density at radius 3 is 2.29 bits per heavy atom. The van der Waals surface area contributed by atoms with Crippen LogP contribution in [0.3, 0.4) is 0 Å². The molecule has 7 nitrogen and oxygen atoms in total. The summed E-state index contributed by atoms with van der Waals surface area (Å²) >= 11 is 0. The van der Waals surface area contributed by atoms with Crippen LogP contribution in [0.15, 0.2) is 48.5 Å². The van der Waals surface area contributed by atoms with Crippen LogP contribution in [0.4, 0.5) is 4.79 Å². The number of ether oxygens (including phenoxy) is 1. The van der Waals surface area contributed by atoms with E-state index in [9.17, 15) is 14.4 Å². The minimum atomic E-state index is -0.906. The standard InChI is InChI=1S/C28H32N2O5/c1-2-18(14-26(31)32)29-27(33)17-11-16-13-25(23(16)12-17)30-28(34)35-15-24-21-9-5-3-7-19(21)20-8-4-6-10-22(20)24/h3-10,16-18,23-25H,2,11-15H2,1H3,(H,29,33)(H,30,34)(H,31,32)/t16-,17?,18?,23-,25+/m0/s1. The van der Waals surface area contributed by atoms with E-state index in [0.29, 0.717) is 18.8 Å². The molecule has 2 fully saturated rings. The topological polar surface area (TPSA) is 105 Å². The van der Waals surface area contributed by atoms with E-state index in [2.05, 4.69) is 34.9 Å². The molecule has 0 bridgehead atoms. The number of amides is 2. The zero-order valence-electron chi connectivity index (χ0n) is 19.9. The Kier molecular flexibility index (Phi) is 6.50. The van der Waals surface area contributed by atoms with Gasteiger partial charge in [-0.25, -0.2) is 4.79 Å². The van der Waals surface area contributed by atoms with Crippen molar-refractivity contribution in [2.24, 2.45) is 17.8 Å². The second-order valence-corrected chi connectivity index (χ2v) is 10.1. The zero-order valence-corrected chi connectivity index (χ0v) is 19.9. The Morgan fingerprint density at radius 2 is 1.66 bits per heavy atom. The predicted octanol–water partition coefficient (Wildman–Crippen LogP) is 4.31. The van der Waals surface area contributed by atoms with Crippen LogP contribution in [0, 0.1) is 17.8 Å². The number of carbonyl (C=O) groups excluding carboxylic acids is 2. The van der Waals surface area contributed by atoms with Gasteiger partial charge in [0.25, 0.3) is 0 Å². The fourth-order valence-electron chi connectivity index (χ4n) is 6.23. The lowest BCUT2D eigenvalue weighted by molar-refractivity contribution is -0.137. The van der Waals surface area contributed by atoms with E-state index in [1.165, 1.54) is 22.3 Å². The largest absolute Gasteiger partial charge is 0.481 e. The molecule has 184 valence electrons. The molecule has 0 saturated heterocycles. The van der Waals surface area contributed by atoms with Gasteiger partial charge in [-0.15, -0.1) is 0 Å². The molecule has 3 aliphatic rings. The number of aliphatic carboxylic acids is 1. The third kappa shape index (κ3) is 4.64. The molecule has 2 saturated carbocycles. The summed E-state index contributed by atoms with van der Waals surface area (Å²) in [6.07, 6.45) is 2.48. The van der Waals surface area contributed by atoms with Crippen molar-refractivity contribution < 1.29 is 24.2 Å². The molecule has 2 amide bonds. The van der Waals surface area contributed by atoms with Crippen LogP contribution in [0.2, 0.25) is 0 Å². The summed E-state index contributed by atoms with van der Waals surface area (Å²) in [4.78, 5) is 36.3. The molecule has 5 atom stereocenters. The summed E-state index contributed by atoms with van der Waals surface area (Å²) in [7, 11) is 0. The van der Waals surface area contributed by atoms with Crippen molar-refractivity contribution in [2.45, 2.75) is 57.0 Å². The lowest BCUT2D eigenvalue weighted by atomic mass is 9.71. The van der Waals surface area contributed by atoms with E-state index >= 15 is 0 Å². The van der Waals surface area contributed by atoms with Crippen LogP contribution in [0.25, 0.3) is 11.1 Å². The average molecular weight is 477 g/mol. The highest BCUT2D eigenvalue weighted by molar-refractivity contribution is 5.81. The number of rotatable bonds is 8. The average Bonchev–Trinajstić information content (AvgIpc) is 3.35. The summed E-state index contributed by atoms with van der Waals surface area (Å²) in [6.45, 7) is 2.16. The van der Waals surface area contributed by atoms with Crippen molar-refractivity contribution in [3.05, 3.63) is 59.7 Å². The van der Waals surface area contributed by atoms with Crippen LogP contribution in [0.1, 0.15) is 56.1 Å². The molecule has 2 aromatic rings. The number of nitrogens with one attached hydrogen (secondary N) is 2. The number of fused-ring (bicyclic) bond motifs is 4. The van der Waals surface area contributed by atoms with Crippen molar-refractivity contribution in [3.63, 3.8) is 0 Å². The van der Waals surface area contributed by atoms with Gasteiger partial charge in [0, 0.05) is 23.9 Å². The van der Waals surface area contributed by atoms with Crippen molar-refractivity contribution in [1.82, 2.24) is 10.6 Å². The first-order valence-corrected chi connectivity index (χ1v) is 12.6. The molecule has 2 aromatic carbocycles. The van der Waals surface area contributed by atoms with Crippen LogP contribution < -0.4 is 10.6 Å². The van der Waals surface area contributed by atoms with Gasteiger partial charge in [0.1, 0.15) is 6.61 Å². The Balaban J connectivity index is 1.12. The summed E-state index contributed by atoms with van der Waals surface area (Å²) in [5, 5.41) is 14.9. The Morgan fingerprint density at radius 1 is 1.00 bits per heavy atom. The van der Waals surface area contributed by atoms with Gasteiger partial charge in [-0.1, -0.05) is 55.5 Å². The van der Waals surface area contributed by atoms with Gasteiger partial charge in [-0.2, -0.15) is 0 Å². The highest BCUT2D eigenvalue weighted by atomic mass is 16.5. The van der Waals surface area contributed by atoms with Gasteiger partial charge in [-0.05, 0) is 59.8 Å². The normalized spacial score (nSPS) is 24.9. The van der Waals surface area contributed by atoms with E-state index in [1.807, 2.05) is 31.2 Å². The predicted molar refractivity (Wildman–Crippen MR) is 131 cm³/mol. The Hall–Kier alpha value is -3.35. The minimum Gasteiger partial charge on any atom is -0.481 e. The maximum atomic E-state index is 12.7. The van der Waals surface area contributed by atoms with Gasteiger partial charge in [0.2, 0.25) is 5.91 Å². The van der Waals surface area contributed by atoms with Crippen molar-refractivity contribution in [3.8, 4) is 11.1 Å². The summed E-state index contributed by atoms with van der Waals surface area (Å²) in [6, 6.07) is 16.2. The monoisotopic (exact) mass is 476 g/mol. The molecule has 0 aromatic heterocycles. The molecule has 35 heavy (non-hydrogen) atoms. The molecule has 3 aliphatic carbocycles. The van der Waals surface area contributed by atoms with Gasteiger partial charge in [0.05, 0.1) is 6.42 Å². The number of carboxylic acids is 1. The third-order valence-corrected chi connectivity index (χ3v) is 8.10. The molecular formula is C28H32N2O5. The van der Waals surface area contributed by atoms with E-state index in [-0.39, 0.29) is 48.8 Å². The summed E-state index contributed by atoms with van der Waals surface area (Å²) in [5.74, 6) is -0.375. The van der Waals surface area contributed by atoms with Crippen LogP contribution in [-0.4, -0.2) is 41.8 Å². The van der Waals surface area contributed by atoms with E-state index in [0.717, 1.165) is 12.8 Å². The molecule has 0 spiro atoms. The maximum Gasteiger partial charge on any atom is 0.407 e. The quantitative estimate of drug-likeness (QED) is 0.527. The molecule has 0 heterocycles. The molecule has 3 N–H and O–H groups in total. The molecule has 0 radical (unpaired) electrons. The first-order valence-electron chi connectivity index (χ1n) is 12.6. The third-order valence-electron chi connectivity index (χ3n) is 8.10. The molecule has 0 aliphatic heterocycles. The number of hydrogen-bond acceptors (Lipinski definition) is 4. The van der Waals surface area contributed by atoms with Gasteiger partial charge < -0.3 is 20.5 Å². The first kappa shape index (κ1) is 23.4. The minimum absolute atomic E-state index is 0.0226.